The summed E-state index contributed by atoms with van der Waals surface area (Å²) in [5, 5.41) is 1.23. The number of carbonyl (C=O) groups is 1. The van der Waals surface area contributed by atoms with Gasteiger partial charge in [0, 0.05) is 42.6 Å². The highest BCUT2D eigenvalue weighted by Gasteiger charge is 2.61. The van der Waals surface area contributed by atoms with Crippen molar-refractivity contribution in [2.24, 2.45) is 30.7 Å². The van der Waals surface area contributed by atoms with Crippen molar-refractivity contribution >= 4 is 33.9 Å². The quantitative estimate of drug-likeness (QED) is 0.175. The zero-order valence-electron chi connectivity index (χ0n) is 26.2. The van der Waals surface area contributed by atoms with Crippen molar-refractivity contribution in [2.45, 2.75) is 51.1 Å². The Bertz CT molecular complexity index is 1980. The SMILES string of the molecule is COc1cc(C(=O)N2C[C@H]3CC4CC2[C@@H]43)cc2nc(-c3cc4cc(/C=C/CCc5ccccc5)ccc4n3CC3CC3)n(C)c12. The normalized spacial score (nSPS) is 23.5. The Balaban J connectivity index is 1.06. The summed E-state index contributed by atoms with van der Waals surface area (Å²) in [7, 11) is 3.77. The van der Waals surface area contributed by atoms with Gasteiger partial charge in [-0.2, -0.15) is 0 Å². The highest BCUT2D eigenvalue weighted by molar-refractivity contribution is 6.00. The van der Waals surface area contributed by atoms with Gasteiger partial charge in [-0.1, -0.05) is 48.6 Å². The Morgan fingerprint density at radius 2 is 1.89 bits per heavy atom. The fourth-order valence-electron chi connectivity index (χ4n) is 8.63. The van der Waals surface area contributed by atoms with E-state index in [2.05, 4.69) is 87.8 Å². The Morgan fingerprint density at radius 1 is 1.02 bits per heavy atom. The molecule has 0 N–H and O–H groups in total. The predicted molar refractivity (Wildman–Crippen MR) is 179 cm³/mol. The largest absolute Gasteiger partial charge is 0.494 e. The second-order valence-corrected chi connectivity index (χ2v) is 14.0. The maximum absolute atomic E-state index is 13.8. The monoisotopic (exact) mass is 596 g/mol. The Kier molecular flexibility index (Phi) is 6.23. The number of methoxy groups -OCH3 is 1. The molecule has 0 radical (unpaired) electrons. The summed E-state index contributed by atoms with van der Waals surface area (Å²) in [5.74, 6) is 4.79. The van der Waals surface area contributed by atoms with Crippen LogP contribution in [0, 0.1) is 23.7 Å². The van der Waals surface area contributed by atoms with E-state index in [0.29, 0.717) is 29.2 Å². The minimum absolute atomic E-state index is 0.132. The molecule has 3 heterocycles. The molecule has 4 atom stereocenters. The summed E-state index contributed by atoms with van der Waals surface area (Å²) in [6.45, 7) is 1.90. The van der Waals surface area contributed by atoms with Crippen LogP contribution in [0.15, 0.2) is 72.8 Å². The van der Waals surface area contributed by atoms with Crippen LogP contribution in [0.4, 0.5) is 0 Å². The molecule has 0 bridgehead atoms. The van der Waals surface area contributed by atoms with Gasteiger partial charge in [0.15, 0.2) is 5.82 Å². The van der Waals surface area contributed by atoms with Gasteiger partial charge >= 0.3 is 0 Å². The van der Waals surface area contributed by atoms with Crippen LogP contribution in [0.2, 0.25) is 0 Å². The lowest BCUT2D eigenvalue weighted by atomic mass is 9.53. The summed E-state index contributed by atoms with van der Waals surface area (Å²) in [6, 6.07) is 24.1. The molecule has 228 valence electrons. The number of aryl methyl sites for hydroxylation is 2. The first kappa shape index (κ1) is 27.0. The average molecular weight is 597 g/mol. The highest BCUT2D eigenvalue weighted by atomic mass is 16.5. The molecule has 5 aromatic rings. The number of hydrogen-bond acceptors (Lipinski definition) is 3. The second-order valence-electron chi connectivity index (χ2n) is 14.0. The zero-order valence-corrected chi connectivity index (χ0v) is 26.2. The minimum Gasteiger partial charge on any atom is -0.494 e. The van der Waals surface area contributed by atoms with Gasteiger partial charge in [-0.3, -0.25) is 4.79 Å². The fourth-order valence-corrected chi connectivity index (χ4v) is 8.63. The van der Waals surface area contributed by atoms with Crippen molar-refractivity contribution in [3.63, 3.8) is 0 Å². The number of likely N-dealkylation sites (tertiary alicyclic amines) is 1. The van der Waals surface area contributed by atoms with Crippen LogP contribution in [0.3, 0.4) is 0 Å². The van der Waals surface area contributed by atoms with Gasteiger partial charge in [-0.25, -0.2) is 4.98 Å². The first-order valence-electron chi connectivity index (χ1n) is 16.8. The number of imidazole rings is 1. The number of nitrogens with zero attached hydrogens (tertiary/aromatic N) is 4. The molecule has 1 amide bonds. The first-order valence-corrected chi connectivity index (χ1v) is 16.8. The van der Waals surface area contributed by atoms with Crippen molar-refractivity contribution in [1.82, 2.24) is 19.0 Å². The maximum atomic E-state index is 13.8. The van der Waals surface area contributed by atoms with Gasteiger partial charge in [-0.05, 0) is 104 Å². The van der Waals surface area contributed by atoms with Crippen LogP contribution in [0.5, 0.6) is 5.75 Å². The van der Waals surface area contributed by atoms with Crippen LogP contribution in [-0.2, 0) is 20.0 Å². The minimum atomic E-state index is 0.132. The fraction of sp³-hybridized carbons (Fsp3) is 0.385. The number of allylic oxidation sites excluding steroid dienone is 1. The van der Waals surface area contributed by atoms with E-state index < -0.39 is 0 Å². The van der Waals surface area contributed by atoms with E-state index in [-0.39, 0.29) is 5.91 Å². The standard InChI is InChI=1S/C39H40N4O2/c1-41-37-31(18-29(21-35(37)45-2)39(44)43-23-30-17-28-20-33(43)36(28)30)40-38(41)34-19-27-16-25(11-7-6-10-24-8-4-3-5-9-24)14-15-32(27)42(34)22-26-12-13-26/h3-5,7-9,11,14-16,18-19,21,26,28,30,33,36H,6,10,12-13,17,20,22-23H2,1-2H3/b11-7+/t28?,30-,33?,36+/m1/s1. The van der Waals surface area contributed by atoms with Crippen molar-refractivity contribution in [2.75, 3.05) is 13.7 Å². The smallest absolute Gasteiger partial charge is 0.254 e. The average Bonchev–Trinajstić information content (AvgIpc) is 3.72. The Morgan fingerprint density at radius 3 is 2.67 bits per heavy atom. The van der Waals surface area contributed by atoms with Crippen LogP contribution < -0.4 is 4.74 Å². The Hall–Kier alpha value is -4.32. The molecule has 3 aromatic carbocycles. The van der Waals surface area contributed by atoms with E-state index in [0.717, 1.165) is 60.3 Å². The third-order valence-electron chi connectivity index (χ3n) is 11.2. The second kappa shape index (κ2) is 10.4. The number of benzene rings is 3. The molecule has 0 spiro atoms. The third-order valence-corrected chi connectivity index (χ3v) is 11.2. The Labute approximate surface area is 264 Å². The van der Waals surface area contributed by atoms with Gasteiger partial charge in [0.25, 0.3) is 5.91 Å². The molecule has 9 rings (SSSR count). The molecule has 6 heteroatoms. The van der Waals surface area contributed by atoms with Crippen molar-refractivity contribution < 1.29 is 9.53 Å². The number of ether oxygens (including phenoxy) is 1. The number of carbonyl (C=O) groups excluding carboxylic acids is 1. The van der Waals surface area contributed by atoms with E-state index in [1.54, 1.807) is 7.11 Å². The van der Waals surface area contributed by atoms with E-state index in [9.17, 15) is 4.79 Å². The van der Waals surface area contributed by atoms with Gasteiger partial charge in [0.1, 0.15) is 11.3 Å². The molecule has 6 nitrogen and oxygen atoms in total. The molecule has 1 saturated heterocycles. The van der Waals surface area contributed by atoms with Crippen molar-refractivity contribution in [1.29, 1.82) is 0 Å². The van der Waals surface area contributed by atoms with Gasteiger partial charge in [0.2, 0.25) is 0 Å². The summed E-state index contributed by atoms with van der Waals surface area (Å²) in [6.07, 6.45) is 11.6. The summed E-state index contributed by atoms with van der Waals surface area (Å²) in [4.78, 5) is 21.1. The molecule has 2 unspecified atom stereocenters. The van der Waals surface area contributed by atoms with Gasteiger partial charge in [0.05, 0.1) is 18.3 Å². The molecule has 2 aromatic heterocycles. The van der Waals surface area contributed by atoms with E-state index in [1.807, 2.05) is 12.1 Å². The van der Waals surface area contributed by atoms with Crippen LogP contribution in [0.25, 0.3) is 39.5 Å². The van der Waals surface area contributed by atoms with E-state index >= 15 is 0 Å². The maximum Gasteiger partial charge on any atom is 0.254 e. The van der Waals surface area contributed by atoms with E-state index in [4.69, 9.17) is 9.72 Å². The van der Waals surface area contributed by atoms with Crippen LogP contribution in [0.1, 0.15) is 53.6 Å². The lowest BCUT2D eigenvalue weighted by molar-refractivity contribution is -0.0204. The summed E-state index contributed by atoms with van der Waals surface area (Å²) < 4.78 is 10.5. The van der Waals surface area contributed by atoms with E-state index in [1.165, 1.54) is 47.7 Å². The van der Waals surface area contributed by atoms with Crippen molar-refractivity contribution in [3.8, 4) is 17.3 Å². The molecule has 3 aliphatic carbocycles. The van der Waals surface area contributed by atoms with Crippen LogP contribution in [-0.4, -0.2) is 44.6 Å². The summed E-state index contributed by atoms with van der Waals surface area (Å²) >= 11 is 0. The number of hydrogen-bond donors (Lipinski definition) is 0. The zero-order chi connectivity index (χ0) is 30.2. The van der Waals surface area contributed by atoms with Crippen molar-refractivity contribution in [3.05, 3.63) is 89.5 Å². The molecule has 3 saturated carbocycles. The number of amides is 1. The van der Waals surface area contributed by atoms with Gasteiger partial charge in [-0.15, -0.1) is 0 Å². The first-order chi connectivity index (χ1) is 22.1. The molecule has 4 aliphatic rings. The molecular formula is C39H40N4O2. The van der Waals surface area contributed by atoms with Crippen LogP contribution >= 0.6 is 0 Å². The highest BCUT2D eigenvalue weighted by Crippen LogP contribution is 2.60. The summed E-state index contributed by atoms with van der Waals surface area (Å²) in [5.41, 5.74) is 7.38. The molecular weight excluding hydrogens is 556 g/mol. The molecule has 1 aliphatic heterocycles. The predicted octanol–water partition coefficient (Wildman–Crippen LogP) is 7.74. The number of rotatable bonds is 9. The number of aromatic nitrogens is 3. The lowest BCUT2D eigenvalue weighted by Crippen LogP contribution is -2.53. The number of fused-ring (bicyclic) bond motifs is 2. The van der Waals surface area contributed by atoms with Gasteiger partial charge < -0.3 is 18.8 Å². The molecule has 4 fully saturated rings. The topological polar surface area (TPSA) is 52.3 Å². The lowest BCUT2D eigenvalue weighted by Gasteiger charge is -2.52. The molecule has 45 heavy (non-hydrogen) atoms. The third kappa shape index (κ3) is 4.44.